The minimum absolute atomic E-state index is 0.00595. The molecule has 0 spiro atoms. The van der Waals surface area contributed by atoms with E-state index in [1.54, 1.807) is 24.7 Å². The second-order valence-corrected chi connectivity index (χ2v) is 23.9. The number of carboxylic acids is 2. The molecule has 120 heavy (non-hydrogen) atoms. The van der Waals surface area contributed by atoms with Crippen LogP contribution in [0.25, 0.3) is 0 Å². The molecule has 0 aromatic carbocycles. The quantitative estimate of drug-likeness (QED) is 0.0213. The first-order valence-electron chi connectivity index (χ1n) is 34.9. The molecule has 7 aliphatic heterocycles. The topological polar surface area (TPSA) is 795 Å². The zero-order valence-corrected chi connectivity index (χ0v) is 65.6. The Labute approximate surface area is 685 Å². The van der Waals surface area contributed by atoms with Crippen molar-refractivity contribution < 1.29 is 241 Å². The van der Waals surface area contributed by atoms with Crippen LogP contribution in [-0.4, -0.2) is 445 Å². The van der Waals surface area contributed by atoms with Gasteiger partial charge in [-0.1, -0.05) is 26.3 Å². The van der Waals surface area contributed by atoms with Gasteiger partial charge in [0.1, 0.15) is 122 Å². The summed E-state index contributed by atoms with van der Waals surface area (Å²) in [5.74, 6) is -4.19. The van der Waals surface area contributed by atoms with E-state index in [0.29, 0.717) is 18.3 Å². The number of furan rings is 2. The van der Waals surface area contributed by atoms with E-state index >= 15 is 0 Å². The van der Waals surface area contributed by atoms with Crippen molar-refractivity contribution in [1.82, 2.24) is 0 Å². The third kappa shape index (κ3) is 47.6. The number of hydrogen-bond acceptors (Lipinski definition) is 47. The summed E-state index contributed by atoms with van der Waals surface area (Å²) in [6.07, 6.45) is -18.8. The molecule has 7 aliphatic rings. The highest BCUT2D eigenvalue weighted by atomic mass is 16.7. The number of allylic oxidation sites excluding steroid dienone is 1. The maximum atomic E-state index is 10.4. The van der Waals surface area contributed by atoms with Crippen LogP contribution in [0.3, 0.4) is 0 Å². The van der Waals surface area contributed by atoms with Crippen LogP contribution in [0.4, 0.5) is 0 Å². The van der Waals surface area contributed by atoms with Crippen molar-refractivity contribution in [2.24, 2.45) is 11.8 Å². The summed E-state index contributed by atoms with van der Waals surface area (Å²) < 4.78 is 79.1. The van der Waals surface area contributed by atoms with Crippen LogP contribution >= 0.6 is 0 Å². The summed E-state index contributed by atoms with van der Waals surface area (Å²) in [5, 5.41) is 219. The van der Waals surface area contributed by atoms with Gasteiger partial charge in [0.15, 0.2) is 37.2 Å². The normalized spacial score (nSPS) is 31.4. The van der Waals surface area contributed by atoms with E-state index in [-0.39, 0.29) is 64.9 Å². The van der Waals surface area contributed by atoms with Crippen molar-refractivity contribution in [2.75, 3.05) is 115 Å². The van der Waals surface area contributed by atoms with Crippen molar-refractivity contribution in [3.05, 3.63) is 112 Å². The first kappa shape index (κ1) is 118. The molecule has 2 aromatic heterocycles. The highest BCUT2D eigenvalue weighted by Crippen LogP contribution is 2.32. The summed E-state index contributed by atoms with van der Waals surface area (Å²) >= 11 is 0. The van der Waals surface area contributed by atoms with E-state index in [2.05, 4.69) is 54.1 Å². The highest BCUT2D eigenvalue weighted by Gasteiger charge is 2.52. The number of ether oxygens (including phenoxy) is 14. The molecule has 692 valence electrons. The number of esters is 3. The van der Waals surface area contributed by atoms with Crippen molar-refractivity contribution in [3.8, 4) is 0 Å². The molecule has 0 saturated carbocycles. The smallest absolute Gasteiger partial charge is 0.373 e. The molecular weight excluding hydrogens is 1640 g/mol. The Morgan fingerprint density at radius 3 is 1.27 bits per heavy atom. The summed E-state index contributed by atoms with van der Waals surface area (Å²) in [6, 6.07) is 6.94. The molecule has 0 amide bonds. The molecule has 24 N–H and O–H groups in total. The Balaban J connectivity index is -0.000000649. The van der Waals surface area contributed by atoms with Crippen LogP contribution < -0.4 is 0 Å². The molecule has 2 aromatic rings. The van der Waals surface area contributed by atoms with E-state index in [0.717, 1.165) is 30.4 Å². The lowest BCUT2D eigenvalue weighted by Crippen LogP contribution is -2.64. The molecule has 19 unspecified atom stereocenters. The van der Waals surface area contributed by atoms with E-state index in [1.165, 1.54) is 47.9 Å². The van der Waals surface area contributed by atoms with Gasteiger partial charge in [-0.15, -0.1) is 0 Å². The van der Waals surface area contributed by atoms with Gasteiger partial charge in [-0.25, -0.2) is 24.0 Å². The lowest BCUT2D eigenvalue weighted by Gasteiger charge is -2.46. The van der Waals surface area contributed by atoms with Gasteiger partial charge in [-0.3, -0.25) is 9.59 Å². The van der Waals surface area contributed by atoms with Gasteiger partial charge in [-0.05, 0) is 30.3 Å². The predicted molar refractivity (Wildman–Crippen MR) is 392 cm³/mol. The Hall–Kier alpha value is -7.83. The van der Waals surface area contributed by atoms with E-state index in [1.807, 2.05) is 12.1 Å². The fraction of sp³-hybridized carbons (Fsp3) is 0.634. The molecule has 27 atom stereocenters. The molecular formula is C71H114O49. The van der Waals surface area contributed by atoms with Gasteiger partial charge in [0.2, 0.25) is 0 Å². The van der Waals surface area contributed by atoms with Crippen molar-refractivity contribution in [1.29, 1.82) is 0 Å². The molecule has 9 rings (SSSR count). The number of carbonyl (C=O) groups excluding carboxylic acids is 7. The van der Waals surface area contributed by atoms with E-state index in [4.69, 9.17) is 133 Å². The van der Waals surface area contributed by atoms with Gasteiger partial charge >= 0.3 is 36.0 Å². The van der Waals surface area contributed by atoms with E-state index < -0.39 is 222 Å². The number of aliphatic hydroxyl groups excluding tert-OH is 22. The predicted octanol–water partition coefficient (Wildman–Crippen LogP) is -11.1. The lowest BCUT2D eigenvalue weighted by molar-refractivity contribution is -0.339. The average molecular weight is 1750 g/mol. The number of aliphatic hydroxyl groups is 22. The summed E-state index contributed by atoms with van der Waals surface area (Å²) in [7, 11) is 7.09. The molecule has 0 aliphatic carbocycles. The lowest BCUT2D eigenvalue weighted by atomic mass is 9.89. The number of cyclic esters (lactones) is 2. The van der Waals surface area contributed by atoms with Crippen molar-refractivity contribution in [2.45, 2.75) is 159 Å². The fourth-order valence-corrected chi connectivity index (χ4v) is 9.25. The first-order valence-corrected chi connectivity index (χ1v) is 34.9. The molecule has 0 bridgehead atoms. The van der Waals surface area contributed by atoms with Crippen LogP contribution in [0.1, 0.15) is 10.6 Å². The fourth-order valence-electron chi connectivity index (χ4n) is 9.25. The first-order chi connectivity index (χ1) is 56.8. The summed E-state index contributed by atoms with van der Waals surface area (Å²) in [5.41, 5.74) is 0. The van der Waals surface area contributed by atoms with Gasteiger partial charge in [0, 0.05) is 70.7 Å². The SMILES string of the molecule is C=CC(=O)O.C=CC(=O)O.C=CC(=O)OC.C=CC=O.COCC1OC(CO)[C@@H](OC2OC(CO)[C@@H](COC)C(O)[C@@H]2O)C(O)[C@@H]1O.COCC1OC[C@@H](OC2OC[C@@H](COC)C(O)[C@@H]2O)C(O)[C@@H]1O.O=C1C=CC(=O)O1.O=C=O.O=Cc1ccco1.OCC(O)CO.OCC1OC(O)C(O)C(O)C1O.OCC1OC(O)C(O)C1O.c1ccoc1. The summed E-state index contributed by atoms with van der Waals surface area (Å²) in [6.45, 7) is 10.1. The molecule has 49 nitrogen and oxygen atoms in total. The number of aldehydes is 2. The second-order valence-electron chi connectivity index (χ2n) is 23.9. The zero-order chi connectivity index (χ0) is 92.7. The number of carboxylic acid groups (broad SMARTS) is 2. The Morgan fingerprint density at radius 1 is 0.492 bits per heavy atom. The monoisotopic (exact) mass is 1750 g/mol. The van der Waals surface area contributed by atoms with Crippen LogP contribution in [0, 0.1) is 11.8 Å². The van der Waals surface area contributed by atoms with Gasteiger partial charge in [-0.2, -0.15) is 9.59 Å². The Kier molecular flexibility index (Phi) is 69.8. The second kappa shape index (κ2) is 70.7. The Morgan fingerprint density at radius 2 is 0.933 bits per heavy atom. The number of carbonyl (C=O) groups is 7. The minimum atomic E-state index is -1.57. The van der Waals surface area contributed by atoms with Crippen molar-refractivity contribution in [3.63, 3.8) is 0 Å². The molecule has 9 heterocycles. The maximum Gasteiger partial charge on any atom is 0.373 e. The number of methoxy groups -OCH3 is 5. The van der Waals surface area contributed by atoms with Crippen LogP contribution in [0.5, 0.6) is 0 Å². The summed E-state index contributed by atoms with van der Waals surface area (Å²) in [4.78, 5) is 83.3. The van der Waals surface area contributed by atoms with Gasteiger partial charge < -0.3 is 198 Å². The Bertz CT molecular complexity index is 2950. The maximum absolute atomic E-state index is 10.4. The largest absolute Gasteiger partial charge is 0.478 e. The molecule has 0 radical (unpaired) electrons. The molecule has 6 fully saturated rings. The van der Waals surface area contributed by atoms with Crippen LogP contribution in [-0.2, 0) is 105 Å². The zero-order valence-electron chi connectivity index (χ0n) is 65.6. The van der Waals surface area contributed by atoms with Gasteiger partial charge in [0.25, 0.3) is 0 Å². The number of hydrogen-bond donors (Lipinski definition) is 24. The van der Waals surface area contributed by atoms with Gasteiger partial charge in [0.05, 0.1) is 123 Å². The van der Waals surface area contributed by atoms with Crippen LogP contribution in [0.2, 0.25) is 0 Å². The third-order valence-electron chi connectivity index (χ3n) is 15.4. The molecule has 49 heteroatoms. The minimum Gasteiger partial charge on any atom is -0.478 e. The standard InChI is InChI=1S/C16H30O11.C14H26O9.C6H12O6.C5H10O5.C5H4O2.C4H2O3.C4H6O2.C4H4O.C3H8O3.2C3H4O2.C3H4O.CO2/c1-23-5-7-8(3-17)26-16(14(22)11(7)19)27-15-9(4-18)25-10(6-24-2)12(20)13(15)21;1-19-3-7-4-22-14(13(18)10(7)15)23-9-6-21-8(5-20-2)11(16)12(9)17;7-1-2-3(8)4(9)5(10)6(11)12-2;6-1-2-3(7)4(8)5(9)10-2;6-4-5-2-1-3-7-5;5-3-1-2-4(6)7-3;1-3-4(5)6-2;1-2-4-5-3-1;4-1-3(6)2-5;2*1-2-3(4)5;1-2-3-4;2-1-3/h7-22H,3-6H2,1-2H3;7-18H,3-6H2,1-2H3;2-11H,1H2;2-9H,1H2;1-4H;1-2H;3H,1H2,2H3;1-4H;3-6H,1-2H2;2*2H,1H2,(H,4,5);2-3H,1H2;/t7-,8?,9?,10?,11?,12-,13?,14+,15-,16?;7-,8?,9-,10?,11-,12?,13+,14?;;;;;;;;;;;/m11.........../s1. The van der Waals surface area contributed by atoms with Crippen LogP contribution in [0.15, 0.2) is 115 Å². The third-order valence-corrected chi connectivity index (χ3v) is 15.4. The average Bonchev–Trinajstić information content (AvgIpc) is 1.29. The number of aliphatic carboxylic acids is 2. The van der Waals surface area contributed by atoms with E-state index in [9.17, 15) is 79.8 Å². The number of rotatable bonds is 23. The highest BCUT2D eigenvalue weighted by molar-refractivity contribution is 6.04. The van der Waals surface area contributed by atoms with Crippen molar-refractivity contribution >= 4 is 48.6 Å². The molecule has 6 saturated heterocycles.